The third-order valence-corrected chi connectivity index (χ3v) is 3.03. The Bertz CT molecular complexity index is 511. The molecule has 1 atom stereocenters. The van der Waals surface area contributed by atoms with Gasteiger partial charge in [0.1, 0.15) is 6.26 Å². The molecule has 0 saturated heterocycles. The summed E-state index contributed by atoms with van der Waals surface area (Å²) in [5.74, 6) is -0.226. The van der Waals surface area contributed by atoms with E-state index in [-0.39, 0.29) is 24.2 Å². The van der Waals surface area contributed by atoms with Crippen molar-refractivity contribution in [3.63, 3.8) is 0 Å². The van der Waals surface area contributed by atoms with Crippen LogP contribution in [0.4, 0.5) is 0 Å². The maximum absolute atomic E-state index is 12.2. The van der Waals surface area contributed by atoms with Gasteiger partial charge in [-0.2, -0.15) is 0 Å². The van der Waals surface area contributed by atoms with E-state index in [1.807, 2.05) is 30.3 Å². The molecule has 0 aliphatic carbocycles. The zero-order valence-electron chi connectivity index (χ0n) is 10.7. The predicted octanol–water partition coefficient (Wildman–Crippen LogP) is 1.87. The molecule has 0 aliphatic rings. The SMILES string of the molecule is CN(C(=O)c1ccon1)C(CCO)c1ccccc1. The highest BCUT2D eigenvalue weighted by atomic mass is 16.5. The molecular weight excluding hydrogens is 244 g/mol. The third kappa shape index (κ3) is 3.00. The lowest BCUT2D eigenvalue weighted by atomic mass is 10.0. The van der Waals surface area contributed by atoms with Gasteiger partial charge in [-0.15, -0.1) is 0 Å². The van der Waals surface area contributed by atoms with Crippen molar-refractivity contribution in [1.82, 2.24) is 10.1 Å². The normalized spacial score (nSPS) is 12.1. The molecule has 1 aromatic carbocycles. The van der Waals surface area contributed by atoms with Crippen LogP contribution in [0.1, 0.15) is 28.5 Å². The molecule has 1 aromatic heterocycles. The molecule has 1 N–H and O–H groups in total. The van der Waals surface area contributed by atoms with E-state index in [4.69, 9.17) is 0 Å². The summed E-state index contributed by atoms with van der Waals surface area (Å²) in [6.45, 7) is 0.00992. The van der Waals surface area contributed by atoms with Gasteiger partial charge < -0.3 is 14.5 Å². The van der Waals surface area contributed by atoms with Crippen molar-refractivity contribution < 1.29 is 14.4 Å². The molecule has 2 rings (SSSR count). The monoisotopic (exact) mass is 260 g/mol. The number of aliphatic hydroxyl groups excluding tert-OH is 1. The maximum atomic E-state index is 12.2. The second kappa shape index (κ2) is 6.15. The summed E-state index contributed by atoms with van der Waals surface area (Å²) < 4.78 is 4.68. The molecule has 100 valence electrons. The summed E-state index contributed by atoms with van der Waals surface area (Å²) in [5.41, 5.74) is 1.25. The fourth-order valence-electron chi connectivity index (χ4n) is 2.03. The van der Waals surface area contributed by atoms with Crippen LogP contribution in [-0.4, -0.2) is 34.7 Å². The Morgan fingerprint density at radius 1 is 1.37 bits per heavy atom. The Hall–Kier alpha value is -2.14. The number of aliphatic hydroxyl groups is 1. The van der Waals surface area contributed by atoms with Gasteiger partial charge in [0, 0.05) is 19.7 Å². The smallest absolute Gasteiger partial charge is 0.276 e. The van der Waals surface area contributed by atoms with Crippen LogP contribution in [0.3, 0.4) is 0 Å². The first kappa shape index (κ1) is 13.3. The van der Waals surface area contributed by atoms with Gasteiger partial charge in [0.15, 0.2) is 5.69 Å². The Labute approximate surface area is 111 Å². The number of nitrogens with zero attached hydrogens (tertiary/aromatic N) is 2. The molecule has 1 heterocycles. The average Bonchev–Trinajstić information content (AvgIpc) is 2.98. The topological polar surface area (TPSA) is 66.6 Å². The van der Waals surface area contributed by atoms with Gasteiger partial charge >= 0.3 is 0 Å². The third-order valence-electron chi connectivity index (χ3n) is 3.03. The predicted molar refractivity (Wildman–Crippen MR) is 69.5 cm³/mol. The number of amides is 1. The molecule has 0 saturated carbocycles. The van der Waals surface area contributed by atoms with Gasteiger partial charge in [0.2, 0.25) is 0 Å². The summed E-state index contributed by atoms with van der Waals surface area (Å²) in [7, 11) is 1.70. The standard InChI is InChI=1S/C14H16N2O3/c1-16(14(18)12-8-10-19-15-12)13(7-9-17)11-5-3-2-4-6-11/h2-6,8,10,13,17H,7,9H2,1H3. The van der Waals surface area contributed by atoms with Crippen LogP contribution in [0, 0.1) is 0 Å². The lowest BCUT2D eigenvalue weighted by Gasteiger charge is -2.27. The first-order valence-corrected chi connectivity index (χ1v) is 6.07. The summed E-state index contributed by atoms with van der Waals surface area (Å²) in [4.78, 5) is 13.8. The zero-order chi connectivity index (χ0) is 13.7. The minimum absolute atomic E-state index is 0.00992. The maximum Gasteiger partial charge on any atom is 0.276 e. The molecule has 1 amide bonds. The summed E-state index contributed by atoms with van der Waals surface area (Å²) in [5, 5.41) is 12.8. The minimum atomic E-state index is -0.226. The van der Waals surface area contributed by atoms with E-state index < -0.39 is 0 Å². The second-order valence-electron chi connectivity index (χ2n) is 4.24. The molecule has 0 radical (unpaired) electrons. The van der Waals surface area contributed by atoms with Crippen molar-refractivity contribution in [1.29, 1.82) is 0 Å². The van der Waals surface area contributed by atoms with Crippen molar-refractivity contribution in [2.24, 2.45) is 0 Å². The van der Waals surface area contributed by atoms with Crippen LogP contribution in [0.5, 0.6) is 0 Å². The van der Waals surface area contributed by atoms with E-state index in [9.17, 15) is 9.90 Å². The minimum Gasteiger partial charge on any atom is -0.396 e. The van der Waals surface area contributed by atoms with Crippen molar-refractivity contribution >= 4 is 5.91 Å². The number of carbonyl (C=O) groups is 1. The number of aromatic nitrogens is 1. The highest BCUT2D eigenvalue weighted by Crippen LogP contribution is 2.23. The van der Waals surface area contributed by atoms with Crippen LogP contribution in [0.15, 0.2) is 47.2 Å². The zero-order valence-corrected chi connectivity index (χ0v) is 10.7. The van der Waals surface area contributed by atoms with Crippen molar-refractivity contribution in [2.75, 3.05) is 13.7 Å². The number of hydrogen-bond donors (Lipinski definition) is 1. The number of rotatable bonds is 5. The van der Waals surface area contributed by atoms with Gasteiger partial charge in [-0.05, 0) is 12.0 Å². The van der Waals surface area contributed by atoms with E-state index in [0.29, 0.717) is 6.42 Å². The van der Waals surface area contributed by atoms with Crippen LogP contribution >= 0.6 is 0 Å². The van der Waals surface area contributed by atoms with E-state index >= 15 is 0 Å². The van der Waals surface area contributed by atoms with E-state index in [2.05, 4.69) is 9.68 Å². The van der Waals surface area contributed by atoms with Gasteiger partial charge in [0.25, 0.3) is 5.91 Å². The van der Waals surface area contributed by atoms with Crippen molar-refractivity contribution in [2.45, 2.75) is 12.5 Å². The Balaban J connectivity index is 2.22. The molecule has 2 aromatic rings. The fourth-order valence-corrected chi connectivity index (χ4v) is 2.03. The molecule has 5 nitrogen and oxygen atoms in total. The highest BCUT2D eigenvalue weighted by molar-refractivity contribution is 5.92. The molecular formula is C14H16N2O3. The van der Waals surface area contributed by atoms with Crippen LogP contribution < -0.4 is 0 Å². The largest absolute Gasteiger partial charge is 0.396 e. The Morgan fingerprint density at radius 2 is 2.11 bits per heavy atom. The van der Waals surface area contributed by atoms with Gasteiger partial charge in [-0.25, -0.2) is 0 Å². The van der Waals surface area contributed by atoms with Gasteiger partial charge in [0.05, 0.1) is 6.04 Å². The number of benzene rings is 1. The lowest BCUT2D eigenvalue weighted by molar-refractivity contribution is 0.0694. The first-order chi connectivity index (χ1) is 9.24. The van der Waals surface area contributed by atoms with Gasteiger partial charge in [-0.1, -0.05) is 35.5 Å². The first-order valence-electron chi connectivity index (χ1n) is 6.07. The molecule has 19 heavy (non-hydrogen) atoms. The molecule has 0 aliphatic heterocycles. The lowest BCUT2D eigenvalue weighted by Crippen LogP contribution is -2.32. The van der Waals surface area contributed by atoms with E-state index in [1.54, 1.807) is 11.9 Å². The number of hydrogen-bond acceptors (Lipinski definition) is 4. The van der Waals surface area contributed by atoms with Gasteiger partial charge in [-0.3, -0.25) is 4.79 Å². The summed E-state index contributed by atoms with van der Waals surface area (Å²) in [6.07, 6.45) is 1.84. The Kier molecular flexibility index (Phi) is 4.30. The van der Waals surface area contributed by atoms with Crippen molar-refractivity contribution in [3.8, 4) is 0 Å². The van der Waals surface area contributed by atoms with E-state index in [0.717, 1.165) is 5.56 Å². The van der Waals surface area contributed by atoms with Crippen LogP contribution in [0.2, 0.25) is 0 Å². The Morgan fingerprint density at radius 3 is 2.68 bits per heavy atom. The number of carbonyl (C=O) groups excluding carboxylic acids is 1. The molecule has 5 heteroatoms. The van der Waals surface area contributed by atoms with Crippen molar-refractivity contribution in [3.05, 3.63) is 53.9 Å². The van der Waals surface area contributed by atoms with Crippen LogP contribution in [0.25, 0.3) is 0 Å². The summed E-state index contributed by atoms with van der Waals surface area (Å²) >= 11 is 0. The molecule has 1 unspecified atom stereocenters. The average molecular weight is 260 g/mol. The quantitative estimate of drug-likeness (QED) is 0.891. The molecule has 0 spiro atoms. The molecule has 0 fully saturated rings. The fraction of sp³-hybridized carbons (Fsp3) is 0.286. The summed E-state index contributed by atoms with van der Waals surface area (Å²) in [6, 6.07) is 11.0. The highest BCUT2D eigenvalue weighted by Gasteiger charge is 2.23. The second-order valence-corrected chi connectivity index (χ2v) is 4.24. The van der Waals surface area contributed by atoms with E-state index in [1.165, 1.54) is 12.3 Å². The molecule has 0 bridgehead atoms. The van der Waals surface area contributed by atoms with Crippen LogP contribution in [-0.2, 0) is 0 Å².